The number of amides is 2. The van der Waals surface area contributed by atoms with Gasteiger partial charge in [0.2, 0.25) is 0 Å². The van der Waals surface area contributed by atoms with Crippen molar-refractivity contribution in [3.8, 4) is 0 Å². The second kappa shape index (κ2) is 8.57. The minimum Gasteiger partial charge on any atom is -0.318 e. The van der Waals surface area contributed by atoms with E-state index in [9.17, 15) is 9.59 Å². The van der Waals surface area contributed by atoms with Gasteiger partial charge >= 0.3 is 11.8 Å². The van der Waals surface area contributed by atoms with Crippen LogP contribution in [0.3, 0.4) is 0 Å². The minimum atomic E-state index is -0.824. The summed E-state index contributed by atoms with van der Waals surface area (Å²) in [5.41, 5.74) is 4.93. The van der Waals surface area contributed by atoms with Crippen LogP contribution in [0.1, 0.15) is 18.1 Å². The first-order valence-electron chi connectivity index (χ1n) is 9.79. The molecular formula is C25H21N3O2. The van der Waals surface area contributed by atoms with Gasteiger partial charge in [0.25, 0.3) is 0 Å². The van der Waals surface area contributed by atoms with Crippen molar-refractivity contribution in [2.75, 3.05) is 5.32 Å². The Morgan fingerprint density at radius 2 is 1.43 bits per heavy atom. The van der Waals surface area contributed by atoms with Gasteiger partial charge < -0.3 is 5.32 Å². The molecule has 0 heterocycles. The van der Waals surface area contributed by atoms with E-state index >= 15 is 0 Å². The number of anilines is 1. The molecular weight excluding hydrogens is 374 g/mol. The van der Waals surface area contributed by atoms with E-state index in [1.54, 1.807) is 18.3 Å². The largest absolute Gasteiger partial charge is 0.329 e. The molecule has 30 heavy (non-hydrogen) atoms. The molecule has 4 aromatic carbocycles. The van der Waals surface area contributed by atoms with Gasteiger partial charge in [-0.2, -0.15) is 5.10 Å². The maximum atomic E-state index is 12.2. The summed E-state index contributed by atoms with van der Waals surface area (Å²) in [6.07, 6.45) is 2.50. The van der Waals surface area contributed by atoms with Crippen LogP contribution in [-0.4, -0.2) is 18.0 Å². The number of nitrogens with zero attached hydrogens (tertiary/aromatic N) is 1. The van der Waals surface area contributed by atoms with Crippen molar-refractivity contribution in [2.24, 2.45) is 5.10 Å². The summed E-state index contributed by atoms with van der Waals surface area (Å²) in [6, 6.07) is 25.5. The fraction of sp³-hybridized carbons (Fsp3) is 0.0800. The van der Waals surface area contributed by atoms with Gasteiger partial charge in [-0.15, -0.1) is 0 Å². The number of hydrazone groups is 1. The minimum absolute atomic E-state index is 0.566. The zero-order valence-corrected chi connectivity index (χ0v) is 16.6. The summed E-state index contributed by atoms with van der Waals surface area (Å²) >= 11 is 0. The predicted molar refractivity (Wildman–Crippen MR) is 122 cm³/mol. The Morgan fingerprint density at radius 3 is 2.03 bits per heavy atom. The highest BCUT2D eigenvalue weighted by molar-refractivity contribution is 6.39. The van der Waals surface area contributed by atoms with Crippen LogP contribution in [0.4, 0.5) is 5.69 Å². The van der Waals surface area contributed by atoms with Gasteiger partial charge in [-0.3, -0.25) is 9.59 Å². The van der Waals surface area contributed by atoms with Crippen molar-refractivity contribution >= 4 is 45.3 Å². The molecule has 4 aromatic rings. The maximum Gasteiger partial charge on any atom is 0.329 e. The first-order valence-corrected chi connectivity index (χ1v) is 9.79. The van der Waals surface area contributed by atoms with Crippen LogP contribution in [0.25, 0.3) is 21.5 Å². The quantitative estimate of drug-likeness (QED) is 0.229. The van der Waals surface area contributed by atoms with Gasteiger partial charge in [0.1, 0.15) is 0 Å². The van der Waals surface area contributed by atoms with E-state index in [4.69, 9.17) is 0 Å². The van der Waals surface area contributed by atoms with Gasteiger partial charge in [0.15, 0.2) is 0 Å². The van der Waals surface area contributed by atoms with Crippen LogP contribution in [-0.2, 0) is 16.0 Å². The molecule has 0 spiro atoms. The van der Waals surface area contributed by atoms with Crippen molar-refractivity contribution in [3.05, 3.63) is 90.0 Å². The molecule has 0 saturated heterocycles. The molecule has 0 aliphatic rings. The van der Waals surface area contributed by atoms with Crippen LogP contribution >= 0.6 is 0 Å². The Hall–Kier alpha value is -3.99. The molecule has 4 rings (SSSR count). The van der Waals surface area contributed by atoms with E-state index in [1.165, 1.54) is 0 Å². The molecule has 0 aromatic heterocycles. The Labute approximate surface area is 174 Å². The van der Waals surface area contributed by atoms with E-state index in [2.05, 4.69) is 28.8 Å². The predicted octanol–water partition coefficient (Wildman–Crippen LogP) is 4.64. The highest BCUT2D eigenvalue weighted by Gasteiger charge is 2.13. The van der Waals surface area contributed by atoms with Crippen molar-refractivity contribution in [1.82, 2.24) is 5.43 Å². The SMILES string of the molecule is CCc1ccc(NC(=O)C(=O)NN=Cc2c3ccccc3cc3ccccc23)cc1. The number of hydrogen-bond acceptors (Lipinski definition) is 3. The van der Waals surface area contributed by atoms with E-state index in [0.29, 0.717) is 5.69 Å². The third-order valence-electron chi connectivity index (χ3n) is 5.00. The lowest BCUT2D eigenvalue weighted by Gasteiger charge is -2.08. The van der Waals surface area contributed by atoms with E-state index in [1.807, 2.05) is 60.7 Å². The number of carbonyl (C=O) groups excluding carboxylic acids is 2. The van der Waals surface area contributed by atoms with Gasteiger partial charge in [0.05, 0.1) is 6.21 Å². The lowest BCUT2D eigenvalue weighted by molar-refractivity contribution is -0.136. The topological polar surface area (TPSA) is 70.6 Å². The molecule has 0 aliphatic heterocycles. The summed E-state index contributed by atoms with van der Waals surface area (Å²) in [6.45, 7) is 2.05. The first-order chi connectivity index (χ1) is 14.7. The van der Waals surface area contributed by atoms with E-state index in [-0.39, 0.29) is 0 Å². The molecule has 148 valence electrons. The summed E-state index contributed by atoms with van der Waals surface area (Å²) in [4.78, 5) is 24.3. The fourth-order valence-corrected chi connectivity index (χ4v) is 3.41. The smallest absolute Gasteiger partial charge is 0.318 e. The van der Waals surface area contributed by atoms with Crippen LogP contribution < -0.4 is 10.7 Å². The van der Waals surface area contributed by atoms with Crippen molar-refractivity contribution < 1.29 is 9.59 Å². The van der Waals surface area contributed by atoms with Gasteiger partial charge in [-0.25, -0.2) is 5.43 Å². The summed E-state index contributed by atoms with van der Waals surface area (Å²) in [7, 11) is 0. The Balaban J connectivity index is 1.52. The highest BCUT2D eigenvalue weighted by atomic mass is 16.2. The standard InChI is InChI=1S/C25H21N3O2/c1-2-17-11-13-20(14-12-17)27-24(29)25(30)28-26-16-23-21-9-5-3-7-18(21)15-19-8-4-6-10-22(19)23/h3-16H,2H2,1H3,(H,27,29)(H,28,30). The van der Waals surface area contributed by atoms with Crippen LogP contribution in [0.5, 0.6) is 0 Å². The second-order valence-electron chi connectivity index (χ2n) is 6.94. The molecule has 5 heteroatoms. The number of aryl methyl sites for hydroxylation is 1. The third-order valence-corrected chi connectivity index (χ3v) is 5.00. The van der Waals surface area contributed by atoms with Crippen molar-refractivity contribution in [2.45, 2.75) is 13.3 Å². The number of rotatable bonds is 4. The van der Waals surface area contributed by atoms with E-state index in [0.717, 1.165) is 39.1 Å². The highest BCUT2D eigenvalue weighted by Crippen LogP contribution is 2.27. The van der Waals surface area contributed by atoms with Crippen LogP contribution in [0.15, 0.2) is 84.0 Å². The molecule has 0 fully saturated rings. The number of benzene rings is 4. The first kappa shape index (κ1) is 19.3. The molecule has 2 N–H and O–H groups in total. The lowest BCUT2D eigenvalue weighted by Crippen LogP contribution is -2.32. The Kier molecular flexibility index (Phi) is 5.52. The molecule has 0 bridgehead atoms. The number of nitrogens with one attached hydrogen (secondary N) is 2. The average molecular weight is 395 g/mol. The van der Waals surface area contributed by atoms with Gasteiger partial charge in [-0.05, 0) is 51.7 Å². The molecule has 2 amide bonds. The molecule has 5 nitrogen and oxygen atoms in total. The Bertz CT molecular complexity index is 1210. The fourth-order valence-electron chi connectivity index (χ4n) is 3.41. The average Bonchev–Trinajstić information content (AvgIpc) is 2.79. The van der Waals surface area contributed by atoms with Crippen molar-refractivity contribution in [1.29, 1.82) is 0 Å². The zero-order valence-electron chi connectivity index (χ0n) is 16.6. The summed E-state index contributed by atoms with van der Waals surface area (Å²) in [5.74, 6) is -1.59. The molecule has 0 saturated carbocycles. The van der Waals surface area contributed by atoms with E-state index < -0.39 is 11.8 Å². The van der Waals surface area contributed by atoms with Crippen LogP contribution in [0, 0.1) is 0 Å². The molecule has 0 unspecified atom stereocenters. The summed E-state index contributed by atoms with van der Waals surface area (Å²) < 4.78 is 0. The van der Waals surface area contributed by atoms with Crippen LogP contribution in [0.2, 0.25) is 0 Å². The molecule has 0 aliphatic carbocycles. The normalized spacial score (nSPS) is 11.1. The zero-order chi connectivity index (χ0) is 20.9. The Morgan fingerprint density at radius 1 is 0.833 bits per heavy atom. The summed E-state index contributed by atoms with van der Waals surface area (Å²) in [5, 5.41) is 10.8. The maximum absolute atomic E-state index is 12.2. The molecule has 0 atom stereocenters. The monoisotopic (exact) mass is 395 g/mol. The number of fused-ring (bicyclic) bond motifs is 2. The van der Waals surface area contributed by atoms with Gasteiger partial charge in [-0.1, -0.05) is 67.6 Å². The van der Waals surface area contributed by atoms with Crippen molar-refractivity contribution in [3.63, 3.8) is 0 Å². The molecule has 0 radical (unpaired) electrons. The number of hydrogen-bond donors (Lipinski definition) is 2. The lowest BCUT2D eigenvalue weighted by atomic mass is 9.97. The second-order valence-corrected chi connectivity index (χ2v) is 6.94. The van der Waals surface area contributed by atoms with Gasteiger partial charge in [0, 0.05) is 11.3 Å². The number of carbonyl (C=O) groups is 2. The third kappa shape index (κ3) is 4.05.